The molecule has 0 bridgehead atoms. The monoisotopic (exact) mass is 391 g/mol. The largest absolute Gasteiger partial charge is 0.463 e. The van der Waals surface area contributed by atoms with E-state index in [4.69, 9.17) is 14.2 Å². The third kappa shape index (κ3) is 6.69. The number of nitrogens with one attached hydrogen (secondary N) is 1. The van der Waals surface area contributed by atoms with E-state index in [1.54, 1.807) is 0 Å². The second-order valence-corrected chi connectivity index (χ2v) is 7.61. The fourth-order valence-corrected chi connectivity index (χ4v) is 3.39. The highest BCUT2D eigenvalue weighted by molar-refractivity contribution is 5.97. The van der Waals surface area contributed by atoms with Crippen LogP contribution in [0.15, 0.2) is 30.3 Å². The summed E-state index contributed by atoms with van der Waals surface area (Å²) in [6, 6.07) is 9.27. The first-order valence-corrected chi connectivity index (χ1v) is 10.1. The predicted molar refractivity (Wildman–Crippen MR) is 107 cm³/mol. The van der Waals surface area contributed by atoms with E-state index in [1.165, 1.54) is 6.92 Å². The topological polar surface area (TPSA) is 73.9 Å². The number of Topliss-reactive ketones (excluding diaryl/α,β-unsaturated/α-hetero) is 1. The molecular weight excluding hydrogens is 358 g/mol. The first-order valence-electron chi connectivity index (χ1n) is 10.1. The maximum Gasteiger partial charge on any atom is 0.302 e. The Bertz CT molecular complexity index is 621. The number of benzene rings is 1. The summed E-state index contributed by atoms with van der Waals surface area (Å²) in [5.41, 5.74) is 0.720. The Morgan fingerprint density at radius 1 is 1.07 bits per heavy atom. The lowest BCUT2D eigenvalue weighted by atomic mass is 9.79. The number of hydrogen-bond donors (Lipinski definition) is 1. The molecule has 0 amide bonds. The maximum atomic E-state index is 12.0. The van der Waals surface area contributed by atoms with Crippen molar-refractivity contribution in [2.45, 2.75) is 46.5 Å². The van der Waals surface area contributed by atoms with Crippen molar-refractivity contribution in [3.8, 4) is 0 Å². The first-order chi connectivity index (χ1) is 13.4. The van der Waals surface area contributed by atoms with Crippen molar-refractivity contribution in [2.75, 3.05) is 26.3 Å². The van der Waals surface area contributed by atoms with Crippen LogP contribution in [0.1, 0.15) is 44.5 Å². The van der Waals surface area contributed by atoms with Crippen molar-refractivity contribution in [2.24, 2.45) is 17.8 Å². The Balaban J connectivity index is 1.68. The smallest absolute Gasteiger partial charge is 0.302 e. The normalized spacial score (nSPS) is 27.4. The highest BCUT2D eigenvalue weighted by atomic mass is 16.7. The molecule has 28 heavy (non-hydrogen) atoms. The molecule has 1 heterocycles. The van der Waals surface area contributed by atoms with E-state index >= 15 is 0 Å². The van der Waals surface area contributed by atoms with Gasteiger partial charge >= 0.3 is 5.97 Å². The molecule has 2 rings (SSSR count). The number of ketones is 1. The highest BCUT2D eigenvalue weighted by Gasteiger charge is 2.39. The van der Waals surface area contributed by atoms with Crippen LogP contribution < -0.4 is 5.32 Å². The Morgan fingerprint density at radius 2 is 1.79 bits per heavy atom. The molecule has 0 saturated carbocycles. The predicted octanol–water partition coefficient (Wildman–Crippen LogP) is 3.06. The van der Waals surface area contributed by atoms with Crippen LogP contribution in [0.25, 0.3) is 0 Å². The minimum absolute atomic E-state index is 0.0851. The van der Waals surface area contributed by atoms with Gasteiger partial charge in [0.2, 0.25) is 0 Å². The van der Waals surface area contributed by atoms with E-state index in [-0.39, 0.29) is 36.7 Å². The molecule has 0 spiro atoms. The summed E-state index contributed by atoms with van der Waals surface area (Å²) in [7, 11) is 0. The van der Waals surface area contributed by atoms with Gasteiger partial charge in [0, 0.05) is 18.4 Å². The number of carbonyl (C=O) groups is 2. The summed E-state index contributed by atoms with van der Waals surface area (Å²) < 4.78 is 17.2. The van der Waals surface area contributed by atoms with Crippen molar-refractivity contribution < 1.29 is 23.8 Å². The maximum absolute atomic E-state index is 12.0. The molecule has 156 valence electrons. The van der Waals surface area contributed by atoms with Crippen LogP contribution in [0.5, 0.6) is 0 Å². The molecule has 0 aliphatic carbocycles. The molecule has 1 fully saturated rings. The van der Waals surface area contributed by atoms with Crippen molar-refractivity contribution in [1.82, 2.24) is 5.32 Å². The lowest BCUT2D eigenvalue weighted by molar-refractivity contribution is -0.255. The molecule has 2 unspecified atom stereocenters. The molecule has 0 radical (unpaired) electrons. The second-order valence-electron chi connectivity index (χ2n) is 7.61. The van der Waals surface area contributed by atoms with E-state index in [9.17, 15) is 9.59 Å². The van der Waals surface area contributed by atoms with Crippen LogP contribution in [0.4, 0.5) is 0 Å². The Kier molecular flexibility index (Phi) is 9.09. The fraction of sp³-hybridized carbons (Fsp3) is 0.636. The summed E-state index contributed by atoms with van der Waals surface area (Å²) in [4.78, 5) is 23.1. The zero-order chi connectivity index (χ0) is 20.5. The Labute approximate surface area is 167 Å². The number of rotatable bonds is 10. The summed E-state index contributed by atoms with van der Waals surface area (Å²) in [5, 5.41) is 3.16. The Morgan fingerprint density at radius 3 is 2.46 bits per heavy atom. The molecule has 6 nitrogen and oxygen atoms in total. The highest BCUT2D eigenvalue weighted by Crippen LogP contribution is 2.35. The summed E-state index contributed by atoms with van der Waals surface area (Å²) in [5.74, 6) is 0.745. The van der Waals surface area contributed by atoms with Gasteiger partial charge in [0.25, 0.3) is 0 Å². The van der Waals surface area contributed by atoms with Crippen LogP contribution in [-0.2, 0) is 19.0 Å². The second kappa shape index (κ2) is 11.3. The third-order valence-corrected chi connectivity index (χ3v) is 5.60. The zero-order valence-corrected chi connectivity index (χ0v) is 17.4. The standard InChI is InChI=1S/C22H33NO5/c1-15-16(2)21(14-27-18(4)24)28-22(17(15)3)26-12-8-11-23-13-20(25)19-9-6-5-7-10-19/h5-7,9-10,15-17,21-23H,8,11-14H2,1-4H3/t15-,16+,17?,21?,22+/m0/s1. The average molecular weight is 392 g/mol. The van der Waals surface area contributed by atoms with Gasteiger partial charge in [-0.1, -0.05) is 51.1 Å². The van der Waals surface area contributed by atoms with Crippen molar-refractivity contribution in [3.05, 3.63) is 35.9 Å². The minimum atomic E-state index is -0.308. The van der Waals surface area contributed by atoms with Gasteiger partial charge in [-0.05, 0) is 24.8 Å². The van der Waals surface area contributed by atoms with Gasteiger partial charge in [-0.15, -0.1) is 0 Å². The van der Waals surface area contributed by atoms with Crippen LogP contribution in [0.2, 0.25) is 0 Å². The average Bonchev–Trinajstić information content (AvgIpc) is 2.69. The summed E-state index contributed by atoms with van der Waals surface area (Å²) >= 11 is 0. The summed E-state index contributed by atoms with van der Waals surface area (Å²) in [6.45, 7) is 9.67. The third-order valence-electron chi connectivity index (χ3n) is 5.60. The van der Waals surface area contributed by atoms with Gasteiger partial charge in [-0.3, -0.25) is 9.59 Å². The van der Waals surface area contributed by atoms with Crippen LogP contribution in [-0.4, -0.2) is 50.4 Å². The van der Waals surface area contributed by atoms with E-state index < -0.39 is 0 Å². The van der Waals surface area contributed by atoms with Crippen molar-refractivity contribution in [1.29, 1.82) is 0 Å². The molecule has 5 atom stereocenters. The molecule has 6 heteroatoms. The summed E-state index contributed by atoms with van der Waals surface area (Å²) in [6.07, 6.45) is 0.326. The Hall–Kier alpha value is -1.76. The molecule has 1 aromatic carbocycles. The van der Waals surface area contributed by atoms with E-state index in [1.807, 2.05) is 30.3 Å². The molecule has 1 aromatic rings. The van der Waals surface area contributed by atoms with Gasteiger partial charge in [-0.2, -0.15) is 0 Å². The van der Waals surface area contributed by atoms with E-state index in [0.29, 0.717) is 31.5 Å². The number of hydrogen-bond acceptors (Lipinski definition) is 6. The quantitative estimate of drug-likeness (QED) is 0.375. The molecule has 0 aromatic heterocycles. The van der Waals surface area contributed by atoms with Gasteiger partial charge in [0.15, 0.2) is 12.1 Å². The van der Waals surface area contributed by atoms with Gasteiger partial charge in [0.1, 0.15) is 6.61 Å². The fourth-order valence-electron chi connectivity index (χ4n) is 3.39. The van der Waals surface area contributed by atoms with Crippen LogP contribution in [0, 0.1) is 17.8 Å². The van der Waals surface area contributed by atoms with Gasteiger partial charge < -0.3 is 19.5 Å². The molecule has 1 saturated heterocycles. The number of esters is 1. The van der Waals surface area contributed by atoms with E-state index in [2.05, 4.69) is 26.1 Å². The zero-order valence-electron chi connectivity index (χ0n) is 17.4. The van der Waals surface area contributed by atoms with Crippen molar-refractivity contribution >= 4 is 11.8 Å². The first kappa shape index (κ1) is 22.5. The van der Waals surface area contributed by atoms with Gasteiger partial charge in [-0.25, -0.2) is 0 Å². The molecule has 1 aliphatic rings. The van der Waals surface area contributed by atoms with Gasteiger partial charge in [0.05, 0.1) is 19.3 Å². The lowest BCUT2D eigenvalue weighted by Gasteiger charge is -2.43. The number of ether oxygens (including phenoxy) is 3. The molecular formula is C22H33NO5. The van der Waals surface area contributed by atoms with Crippen molar-refractivity contribution in [3.63, 3.8) is 0 Å². The molecule has 1 aliphatic heterocycles. The minimum Gasteiger partial charge on any atom is -0.463 e. The van der Waals surface area contributed by atoms with Crippen LogP contribution >= 0.6 is 0 Å². The SMILES string of the molecule is CC(=O)OCC1O[C@@H](OCCCNCC(=O)c2ccccc2)C(C)[C@@H](C)[C@H]1C. The van der Waals surface area contributed by atoms with Crippen LogP contribution in [0.3, 0.4) is 0 Å². The molecule has 1 N–H and O–H groups in total. The lowest BCUT2D eigenvalue weighted by Crippen LogP contribution is -2.48. The van der Waals surface area contributed by atoms with E-state index in [0.717, 1.165) is 12.0 Å². The number of carbonyl (C=O) groups excluding carboxylic acids is 2.